The second-order valence-electron chi connectivity index (χ2n) is 6.92. The molecule has 2 N–H and O–H groups in total. The van der Waals surface area contributed by atoms with Crippen LogP contribution in [-0.2, 0) is 9.59 Å². The molecule has 0 aromatic heterocycles. The smallest absolute Gasteiger partial charge is 0.259 e. The zero-order valence-electron chi connectivity index (χ0n) is 17.5. The fourth-order valence-electron chi connectivity index (χ4n) is 2.61. The molecule has 2 amide bonds. The normalized spacial score (nSPS) is 10.9. The fraction of sp³-hybridized carbons (Fsp3) is 0.318. The first-order valence-electron chi connectivity index (χ1n) is 9.45. The molecule has 2 aromatic carbocycles. The summed E-state index contributed by atoms with van der Waals surface area (Å²) in [5.74, 6) is 0.761. The van der Waals surface area contributed by atoms with Crippen molar-refractivity contribution in [2.45, 2.75) is 26.7 Å². The first-order chi connectivity index (χ1) is 14.3. The van der Waals surface area contributed by atoms with Crippen LogP contribution in [0.5, 0.6) is 11.5 Å². The molecule has 0 unspecified atom stereocenters. The van der Waals surface area contributed by atoms with Crippen LogP contribution in [0.25, 0.3) is 0 Å². The molecule has 8 heteroatoms. The van der Waals surface area contributed by atoms with Crippen LogP contribution in [0.1, 0.15) is 36.5 Å². The Kier molecular flexibility index (Phi) is 8.68. The van der Waals surface area contributed by atoms with Gasteiger partial charge >= 0.3 is 0 Å². The summed E-state index contributed by atoms with van der Waals surface area (Å²) in [5.41, 5.74) is 5.31. The number of hydrogen-bond donors (Lipinski definition) is 2. The quantitative estimate of drug-likeness (QED) is 0.470. The van der Waals surface area contributed by atoms with Gasteiger partial charge in [0.15, 0.2) is 6.61 Å². The van der Waals surface area contributed by atoms with Gasteiger partial charge in [0.05, 0.1) is 19.9 Å². The Labute approximate surface area is 181 Å². The predicted molar refractivity (Wildman–Crippen MR) is 118 cm³/mol. The van der Waals surface area contributed by atoms with Crippen molar-refractivity contribution in [3.8, 4) is 11.5 Å². The van der Waals surface area contributed by atoms with Crippen molar-refractivity contribution in [1.29, 1.82) is 0 Å². The fourth-order valence-corrected chi connectivity index (χ4v) is 2.73. The summed E-state index contributed by atoms with van der Waals surface area (Å²) in [6, 6.07) is 10.6. The molecule has 30 heavy (non-hydrogen) atoms. The maximum absolute atomic E-state index is 11.9. The van der Waals surface area contributed by atoms with Crippen molar-refractivity contribution in [2.75, 3.05) is 20.3 Å². The van der Waals surface area contributed by atoms with Crippen LogP contribution in [-0.4, -0.2) is 38.3 Å². The summed E-state index contributed by atoms with van der Waals surface area (Å²) in [4.78, 5) is 23.7. The van der Waals surface area contributed by atoms with Gasteiger partial charge in [-0.2, -0.15) is 5.10 Å². The van der Waals surface area contributed by atoms with Crippen LogP contribution in [0, 0.1) is 6.92 Å². The second kappa shape index (κ2) is 11.2. The molecule has 2 rings (SSSR count). The molecular formula is C22H26ClN3O4. The van der Waals surface area contributed by atoms with E-state index in [0.717, 1.165) is 22.4 Å². The molecule has 0 aliphatic rings. The Morgan fingerprint density at radius 1 is 1.17 bits per heavy atom. The molecule has 0 radical (unpaired) electrons. The average Bonchev–Trinajstić information content (AvgIpc) is 2.72. The first-order valence-corrected chi connectivity index (χ1v) is 9.83. The summed E-state index contributed by atoms with van der Waals surface area (Å²) in [6.07, 6.45) is 1.57. The summed E-state index contributed by atoms with van der Waals surface area (Å²) in [5, 5.41) is 7.03. The molecule has 0 fully saturated rings. The predicted octanol–water partition coefficient (Wildman–Crippen LogP) is 3.43. The third-order valence-corrected chi connectivity index (χ3v) is 4.51. The molecule has 0 saturated heterocycles. The number of amides is 2. The monoisotopic (exact) mass is 431 g/mol. The molecule has 7 nitrogen and oxygen atoms in total. The van der Waals surface area contributed by atoms with E-state index in [9.17, 15) is 9.59 Å². The number of methoxy groups -OCH3 is 1. The van der Waals surface area contributed by atoms with Crippen molar-refractivity contribution >= 4 is 29.6 Å². The zero-order valence-corrected chi connectivity index (χ0v) is 18.2. The van der Waals surface area contributed by atoms with Crippen molar-refractivity contribution in [2.24, 2.45) is 5.10 Å². The van der Waals surface area contributed by atoms with Crippen LogP contribution < -0.4 is 20.2 Å². The van der Waals surface area contributed by atoms with Crippen LogP contribution in [0.15, 0.2) is 41.5 Å². The van der Waals surface area contributed by atoms with Gasteiger partial charge in [-0.15, -0.1) is 0 Å². The van der Waals surface area contributed by atoms with E-state index in [1.807, 2.05) is 19.1 Å². The largest absolute Gasteiger partial charge is 0.496 e. The van der Waals surface area contributed by atoms with Gasteiger partial charge in [-0.25, -0.2) is 5.43 Å². The number of hydrogen-bond acceptors (Lipinski definition) is 5. The molecule has 0 bridgehead atoms. The van der Waals surface area contributed by atoms with E-state index in [1.165, 1.54) is 0 Å². The number of rotatable bonds is 9. The van der Waals surface area contributed by atoms with E-state index in [4.69, 9.17) is 21.1 Å². The molecule has 0 saturated carbocycles. The molecule has 0 spiro atoms. The topological polar surface area (TPSA) is 89.0 Å². The van der Waals surface area contributed by atoms with E-state index in [2.05, 4.69) is 29.7 Å². The van der Waals surface area contributed by atoms with Gasteiger partial charge in [-0.1, -0.05) is 25.4 Å². The Morgan fingerprint density at radius 3 is 2.50 bits per heavy atom. The molecule has 0 aliphatic carbocycles. The Bertz CT molecular complexity index is 911. The SMILES string of the molecule is COc1cc(C)c(C=NNC(=O)CNC(=O)COc2ccc(Cl)cc2)cc1C(C)C. The number of nitrogens with one attached hydrogen (secondary N) is 2. The number of halogens is 1. The second-order valence-corrected chi connectivity index (χ2v) is 7.35. The van der Waals surface area contributed by atoms with Gasteiger partial charge in [0.25, 0.3) is 11.8 Å². The number of nitrogens with zero attached hydrogens (tertiary/aromatic N) is 1. The number of carbonyl (C=O) groups is 2. The number of aryl methyl sites for hydroxylation is 1. The third kappa shape index (κ3) is 7.08. The maximum atomic E-state index is 11.9. The lowest BCUT2D eigenvalue weighted by Gasteiger charge is -2.14. The maximum Gasteiger partial charge on any atom is 0.259 e. The van der Waals surface area contributed by atoms with Gasteiger partial charge in [0, 0.05) is 5.02 Å². The van der Waals surface area contributed by atoms with Gasteiger partial charge in [0.2, 0.25) is 0 Å². The lowest BCUT2D eigenvalue weighted by molar-refractivity contribution is -0.127. The van der Waals surface area contributed by atoms with E-state index in [1.54, 1.807) is 37.6 Å². The van der Waals surface area contributed by atoms with E-state index in [0.29, 0.717) is 10.8 Å². The minimum atomic E-state index is -0.443. The first kappa shape index (κ1) is 23.2. The highest BCUT2D eigenvalue weighted by Gasteiger charge is 2.10. The number of ether oxygens (including phenoxy) is 2. The zero-order chi connectivity index (χ0) is 22.1. The summed E-state index contributed by atoms with van der Waals surface area (Å²) in [6.45, 7) is 5.68. The van der Waals surface area contributed by atoms with Gasteiger partial charge < -0.3 is 14.8 Å². The minimum Gasteiger partial charge on any atom is -0.496 e. The van der Waals surface area contributed by atoms with Crippen LogP contribution >= 0.6 is 11.6 Å². The molecule has 2 aromatic rings. The van der Waals surface area contributed by atoms with Crippen LogP contribution in [0.2, 0.25) is 5.02 Å². The summed E-state index contributed by atoms with van der Waals surface area (Å²) < 4.78 is 10.7. The Hall–Kier alpha value is -3.06. The lowest BCUT2D eigenvalue weighted by atomic mass is 9.97. The summed E-state index contributed by atoms with van der Waals surface area (Å²) in [7, 11) is 1.64. The van der Waals surface area contributed by atoms with Crippen molar-refractivity contribution in [3.63, 3.8) is 0 Å². The number of hydrazone groups is 1. The van der Waals surface area contributed by atoms with Gasteiger partial charge in [-0.3, -0.25) is 9.59 Å². The molecule has 0 heterocycles. The van der Waals surface area contributed by atoms with E-state index < -0.39 is 11.8 Å². The highest BCUT2D eigenvalue weighted by atomic mass is 35.5. The highest BCUT2D eigenvalue weighted by Crippen LogP contribution is 2.29. The lowest BCUT2D eigenvalue weighted by Crippen LogP contribution is -2.37. The number of benzene rings is 2. The molecule has 160 valence electrons. The molecule has 0 aliphatic heterocycles. The summed E-state index contributed by atoms with van der Waals surface area (Å²) >= 11 is 5.79. The Morgan fingerprint density at radius 2 is 1.87 bits per heavy atom. The standard InChI is InChI=1S/C22H26ClN3O4/c1-14(2)19-10-16(15(3)9-20(19)29-4)11-25-26-21(27)12-24-22(28)13-30-18-7-5-17(23)6-8-18/h5-11,14H,12-13H2,1-4H3,(H,24,28)(H,26,27). The number of carbonyl (C=O) groups excluding carboxylic acids is 2. The van der Waals surface area contributed by atoms with Crippen molar-refractivity contribution < 1.29 is 19.1 Å². The van der Waals surface area contributed by atoms with Gasteiger partial charge in [0.1, 0.15) is 11.5 Å². The third-order valence-electron chi connectivity index (χ3n) is 4.26. The van der Waals surface area contributed by atoms with Gasteiger partial charge in [-0.05, 0) is 65.9 Å². The van der Waals surface area contributed by atoms with Crippen molar-refractivity contribution in [1.82, 2.24) is 10.7 Å². The van der Waals surface area contributed by atoms with E-state index >= 15 is 0 Å². The van der Waals surface area contributed by atoms with E-state index in [-0.39, 0.29) is 19.1 Å². The van der Waals surface area contributed by atoms with Crippen LogP contribution in [0.3, 0.4) is 0 Å². The molecular weight excluding hydrogens is 406 g/mol. The minimum absolute atomic E-state index is 0.207. The molecule has 0 atom stereocenters. The highest BCUT2D eigenvalue weighted by molar-refractivity contribution is 6.30. The van der Waals surface area contributed by atoms with Crippen molar-refractivity contribution in [3.05, 3.63) is 58.1 Å². The Balaban J connectivity index is 1.81. The average molecular weight is 432 g/mol. The van der Waals surface area contributed by atoms with Crippen LogP contribution in [0.4, 0.5) is 0 Å².